The molecule has 0 heterocycles. The van der Waals surface area contributed by atoms with E-state index in [4.69, 9.17) is 25.1 Å². The first-order valence-corrected chi connectivity index (χ1v) is 12.4. The van der Waals surface area contributed by atoms with Gasteiger partial charge in [0.1, 0.15) is 18.1 Å². The number of aliphatic hydroxyl groups excluding tert-OH is 2. The molecule has 0 aromatic heterocycles. The molecule has 0 aliphatic rings. The number of nitrogens with two attached hydrogens (primary N) is 1. The molecule has 10 heteroatoms. The van der Waals surface area contributed by atoms with E-state index in [2.05, 4.69) is 5.32 Å². The first kappa shape index (κ1) is 31.3. The number of carbonyl (C=O) groups is 2. The average Bonchev–Trinajstić information content (AvgIpc) is 2.91. The molecule has 3 aromatic carbocycles. The number of phenols is 1. The van der Waals surface area contributed by atoms with Crippen LogP contribution in [0.25, 0.3) is 0 Å². The summed E-state index contributed by atoms with van der Waals surface area (Å²) in [6, 6.07) is 19.6. The molecule has 1 atom stereocenters. The molecule has 0 saturated carbocycles. The number of hydrogen-bond donors (Lipinski definition) is 6. The van der Waals surface area contributed by atoms with E-state index in [9.17, 15) is 20.1 Å². The molecule has 0 radical (unpaired) electrons. The van der Waals surface area contributed by atoms with Gasteiger partial charge in [0.05, 0.1) is 25.9 Å². The Balaban J connectivity index is 0.00000124. The van der Waals surface area contributed by atoms with Crippen molar-refractivity contribution in [3.63, 3.8) is 0 Å². The molecule has 0 unspecified atom stereocenters. The van der Waals surface area contributed by atoms with Gasteiger partial charge in [0, 0.05) is 24.6 Å². The van der Waals surface area contributed by atoms with Gasteiger partial charge in [-0.2, -0.15) is 0 Å². The van der Waals surface area contributed by atoms with E-state index in [0.29, 0.717) is 49.6 Å². The van der Waals surface area contributed by atoms with Crippen molar-refractivity contribution in [3.05, 3.63) is 94.5 Å². The highest BCUT2D eigenvalue weighted by atomic mass is 16.5. The highest BCUT2D eigenvalue weighted by Gasteiger charge is 2.10. The second kappa shape index (κ2) is 16.8. The number of hydrogen-bond acceptors (Lipinski definition) is 8. The smallest absolute Gasteiger partial charge is 0.300 e. The van der Waals surface area contributed by atoms with Crippen LogP contribution in [0.5, 0.6) is 11.5 Å². The van der Waals surface area contributed by atoms with Crippen LogP contribution in [0.3, 0.4) is 0 Å². The van der Waals surface area contributed by atoms with Crippen molar-refractivity contribution >= 4 is 11.9 Å². The molecule has 0 fully saturated rings. The molecular weight excluding hydrogens is 504 g/mol. The quantitative estimate of drug-likeness (QED) is 0.168. The van der Waals surface area contributed by atoms with Crippen molar-refractivity contribution < 1.29 is 39.5 Å². The minimum absolute atomic E-state index is 0.0173. The van der Waals surface area contributed by atoms with Crippen LogP contribution >= 0.6 is 0 Å². The third kappa shape index (κ3) is 12.0. The lowest BCUT2D eigenvalue weighted by molar-refractivity contribution is -0.134. The first-order valence-electron chi connectivity index (χ1n) is 12.4. The number of carbonyl (C=O) groups excluding carboxylic acids is 1. The van der Waals surface area contributed by atoms with Gasteiger partial charge in [-0.3, -0.25) is 9.59 Å². The fraction of sp³-hybridized carbons (Fsp3) is 0.310. The van der Waals surface area contributed by atoms with Gasteiger partial charge in [-0.1, -0.05) is 30.3 Å². The van der Waals surface area contributed by atoms with Crippen LogP contribution in [0.15, 0.2) is 66.7 Å². The summed E-state index contributed by atoms with van der Waals surface area (Å²) in [6.07, 6.45) is 0.0591. The number of benzene rings is 3. The van der Waals surface area contributed by atoms with Gasteiger partial charge in [-0.05, 0) is 66.1 Å². The van der Waals surface area contributed by atoms with E-state index in [1.54, 1.807) is 30.3 Å². The molecule has 7 N–H and O–H groups in total. The third-order valence-corrected chi connectivity index (χ3v) is 5.49. The van der Waals surface area contributed by atoms with Gasteiger partial charge >= 0.3 is 0 Å². The normalized spacial score (nSPS) is 11.3. The van der Waals surface area contributed by atoms with Crippen LogP contribution in [0, 0.1) is 0 Å². The summed E-state index contributed by atoms with van der Waals surface area (Å²) in [5.41, 5.74) is 8.80. The summed E-state index contributed by atoms with van der Waals surface area (Å²) in [4.78, 5) is 20.2. The van der Waals surface area contributed by atoms with E-state index >= 15 is 0 Å². The topological polar surface area (TPSA) is 172 Å². The lowest BCUT2D eigenvalue weighted by Gasteiger charge is -2.14. The molecule has 0 aliphatic heterocycles. The zero-order chi connectivity index (χ0) is 28.6. The lowest BCUT2D eigenvalue weighted by Crippen LogP contribution is -2.23. The predicted octanol–water partition coefficient (Wildman–Crippen LogP) is 2.54. The third-order valence-electron chi connectivity index (χ3n) is 5.49. The number of nitrogens with one attached hydrogen (secondary N) is 1. The first-order chi connectivity index (χ1) is 18.7. The highest BCUT2D eigenvalue weighted by molar-refractivity contribution is 5.92. The van der Waals surface area contributed by atoms with Crippen LogP contribution in [0.4, 0.5) is 0 Å². The highest BCUT2D eigenvalue weighted by Crippen LogP contribution is 2.22. The molecule has 1 amide bonds. The number of aliphatic hydroxyl groups is 2. The fourth-order valence-corrected chi connectivity index (χ4v) is 3.50. The zero-order valence-electron chi connectivity index (χ0n) is 21.9. The Hall–Kier alpha value is -3.96. The van der Waals surface area contributed by atoms with E-state index in [0.717, 1.165) is 30.2 Å². The summed E-state index contributed by atoms with van der Waals surface area (Å²) in [5, 5.41) is 39.8. The van der Waals surface area contributed by atoms with Gasteiger partial charge in [0.2, 0.25) is 5.91 Å². The van der Waals surface area contributed by atoms with Crippen LogP contribution < -0.4 is 15.8 Å². The van der Waals surface area contributed by atoms with E-state index < -0.39 is 18.0 Å². The lowest BCUT2D eigenvalue weighted by atomic mass is 10.1. The molecule has 3 rings (SSSR count). The average molecular weight is 541 g/mol. The number of carboxylic acid groups (broad SMARTS) is 1. The van der Waals surface area contributed by atoms with E-state index in [-0.39, 0.29) is 12.4 Å². The summed E-state index contributed by atoms with van der Waals surface area (Å²) >= 11 is 0. The Morgan fingerprint density at radius 3 is 2.38 bits per heavy atom. The second-order valence-corrected chi connectivity index (χ2v) is 8.64. The molecule has 0 aliphatic carbocycles. The largest absolute Gasteiger partial charge is 0.508 e. The summed E-state index contributed by atoms with van der Waals surface area (Å²) in [7, 11) is 0. The Bertz CT molecular complexity index is 1180. The minimum Gasteiger partial charge on any atom is -0.508 e. The molecule has 3 aromatic rings. The SMILES string of the molecule is CC(=O)O.NC(=O)c1cccc(COCCOc2ccc(CCNC[C@H](O)c3ccc(O)c(CO)c3)cc2)c1. The van der Waals surface area contributed by atoms with Crippen LogP contribution in [-0.4, -0.2) is 58.6 Å². The monoisotopic (exact) mass is 540 g/mol. The van der Waals surface area contributed by atoms with Crippen molar-refractivity contribution in [1.29, 1.82) is 0 Å². The Labute approximate surface area is 227 Å². The van der Waals surface area contributed by atoms with Crippen molar-refractivity contribution in [1.82, 2.24) is 5.32 Å². The van der Waals surface area contributed by atoms with Gasteiger partial charge in [-0.25, -0.2) is 0 Å². The number of carboxylic acids is 1. The number of aliphatic carboxylic acids is 1. The zero-order valence-corrected chi connectivity index (χ0v) is 21.9. The van der Waals surface area contributed by atoms with Crippen LogP contribution in [0.2, 0.25) is 0 Å². The fourth-order valence-electron chi connectivity index (χ4n) is 3.50. The maximum absolute atomic E-state index is 11.2. The summed E-state index contributed by atoms with van der Waals surface area (Å²) < 4.78 is 11.3. The van der Waals surface area contributed by atoms with Crippen molar-refractivity contribution in [3.8, 4) is 11.5 Å². The van der Waals surface area contributed by atoms with Crippen LogP contribution in [0.1, 0.15) is 45.6 Å². The minimum atomic E-state index is -0.833. The summed E-state index contributed by atoms with van der Waals surface area (Å²) in [6.45, 7) is 3.05. The molecular formula is C29H36N2O8. The molecule has 10 nitrogen and oxygen atoms in total. The molecule has 39 heavy (non-hydrogen) atoms. The maximum atomic E-state index is 11.2. The van der Waals surface area contributed by atoms with Crippen molar-refractivity contribution in [2.24, 2.45) is 5.73 Å². The van der Waals surface area contributed by atoms with Gasteiger partial charge in [-0.15, -0.1) is 0 Å². The number of primary amides is 1. The maximum Gasteiger partial charge on any atom is 0.300 e. The number of amides is 1. The Morgan fingerprint density at radius 1 is 1.00 bits per heavy atom. The Morgan fingerprint density at radius 2 is 1.72 bits per heavy atom. The summed E-state index contributed by atoms with van der Waals surface area (Å²) in [5.74, 6) is -0.523. The standard InChI is InChI=1S/C27H32N2O6.C2H4O2/c28-27(33)22-3-1-2-20(14-22)18-34-12-13-35-24-7-4-19(5-8-24)10-11-29-16-26(32)21-6-9-25(31)23(15-21)17-30;1-2(3)4/h1-9,14-15,26,29-32H,10-13,16-18H2,(H2,28,33);1H3,(H,3,4)/t26-;/m0./s1. The second-order valence-electron chi connectivity index (χ2n) is 8.64. The Kier molecular flexibility index (Phi) is 13.5. The van der Waals surface area contributed by atoms with Crippen LogP contribution in [-0.2, 0) is 29.2 Å². The predicted molar refractivity (Wildman–Crippen MR) is 145 cm³/mol. The molecule has 0 bridgehead atoms. The van der Waals surface area contributed by atoms with Gasteiger partial charge < -0.3 is 41.0 Å². The number of rotatable bonds is 14. The van der Waals surface area contributed by atoms with E-state index in [1.165, 1.54) is 6.07 Å². The molecule has 0 spiro atoms. The van der Waals surface area contributed by atoms with Crippen molar-refractivity contribution in [2.45, 2.75) is 32.7 Å². The number of ether oxygens (including phenoxy) is 2. The van der Waals surface area contributed by atoms with Gasteiger partial charge in [0.25, 0.3) is 5.97 Å². The molecule has 210 valence electrons. The number of aromatic hydroxyl groups is 1. The van der Waals surface area contributed by atoms with E-state index in [1.807, 2.05) is 30.3 Å². The van der Waals surface area contributed by atoms with Crippen molar-refractivity contribution in [2.75, 3.05) is 26.3 Å². The molecule has 0 saturated heterocycles. The van der Waals surface area contributed by atoms with Gasteiger partial charge in [0.15, 0.2) is 0 Å².